The van der Waals surface area contributed by atoms with Gasteiger partial charge in [-0.15, -0.1) is 0 Å². The summed E-state index contributed by atoms with van der Waals surface area (Å²) in [6, 6.07) is 15.8. The van der Waals surface area contributed by atoms with E-state index in [0.717, 1.165) is 30.1 Å². The lowest BCUT2D eigenvalue weighted by atomic mass is 9.85. The van der Waals surface area contributed by atoms with Crippen molar-refractivity contribution in [2.24, 2.45) is 0 Å². The second-order valence-electron chi connectivity index (χ2n) is 8.44. The Hall–Kier alpha value is -2.38. The molecule has 1 aromatic carbocycles. The quantitative estimate of drug-likeness (QED) is 0.618. The van der Waals surface area contributed by atoms with Crippen LogP contribution in [-0.2, 0) is 17.9 Å². The number of aromatic nitrogens is 1. The summed E-state index contributed by atoms with van der Waals surface area (Å²) in [7, 11) is 0. The van der Waals surface area contributed by atoms with Gasteiger partial charge in [0.15, 0.2) is 0 Å². The van der Waals surface area contributed by atoms with Crippen LogP contribution in [0.15, 0.2) is 54.7 Å². The first-order chi connectivity index (χ1) is 15.0. The molecule has 0 bridgehead atoms. The fraction of sp³-hybridized carbons (Fsp3) is 0.458. The van der Waals surface area contributed by atoms with Crippen molar-refractivity contribution in [2.75, 3.05) is 25.1 Å². The topological polar surface area (TPSA) is 56.8 Å². The number of likely N-dealkylation sites (tertiary alicyclic amines) is 1. The van der Waals surface area contributed by atoms with Gasteiger partial charge in [0.1, 0.15) is 5.54 Å². The summed E-state index contributed by atoms with van der Waals surface area (Å²) in [5.74, 6) is 0.996. The Morgan fingerprint density at radius 2 is 1.74 bits per heavy atom. The lowest BCUT2D eigenvalue weighted by molar-refractivity contribution is -0.136. The Morgan fingerprint density at radius 1 is 1.03 bits per heavy atom. The van der Waals surface area contributed by atoms with Crippen molar-refractivity contribution < 1.29 is 9.59 Å². The third-order valence-electron chi connectivity index (χ3n) is 6.51. The number of amides is 3. The summed E-state index contributed by atoms with van der Waals surface area (Å²) in [5, 5.41) is 0. The molecule has 0 saturated carbocycles. The first-order valence-corrected chi connectivity index (χ1v) is 12.2. The van der Waals surface area contributed by atoms with E-state index in [1.807, 2.05) is 65.2 Å². The van der Waals surface area contributed by atoms with Crippen molar-refractivity contribution in [3.63, 3.8) is 0 Å². The maximum atomic E-state index is 13.7. The van der Waals surface area contributed by atoms with Crippen LogP contribution >= 0.6 is 11.8 Å². The van der Waals surface area contributed by atoms with Gasteiger partial charge >= 0.3 is 6.03 Å². The monoisotopic (exact) mass is 438 g/mol. The van der Waals surface area contributed by atoms with Crippen molar-refractivity contribution >= 4 is 23.7 Å². The molecule has 0 unspecified atom stereocenters. The van der Waals surface area contributed by atoms with Crippen LogP contribution in [0, 0.1) is 0 Å². The number of pyridine rings is 1. The van der Waals surface area contributed by atoms with Crippen LogP contribution in [0.4, 0.5) is 4.79 Å². The van der Waals surface area contributed by atoms with Gasteiger partial charge in [0, 0.05) is 37.6 Å². The Balaban J connectivity index is 1.60. The Kier molecular flexibility index (Phi) is 6.62. The van der Waals surface area contributed by atoms with Crippen LogP contribution in [0.25, 0.3) is 0 Å². The molecule has 2 saturated heterocycles. The number of hydrogen-bond donors (Lipinski definition) is 0. The van der Waals surface area contributed by atoms with E-state index in [-0.39, 0.29) is 18.5 Å². The third kappa shape index (κ3) is 4.34. The van der Waals surface area contributed by atoms with Crippen LogP contribution < -0.4 is 0 Å². The van der Waals surface area contributed by atoms with Gasteiger partial charge in [-0.05, 0) is 43.7 Å². The van der Waals surface area contributed by atoms with Gasteiger partial charge in [-0.1, -0.05) is 36.4 Å². The first kappa shape index (κ1) is 21.8. The van der Waals surface area contributed by atoms with Gasteiger partial charge in [0.2, 0.25) is 0 Å². The summed E-state index contributed by atoms with van der Waals surface area (Å²) in [6.45, 7) is 4.56. The third-order valence-corrected chi connectivity index (χ3v) is 7.32. The second-order valence-corrected chi connectivity index (χ2v) is 9.35. The van der Waals surface area contributed by atoms with E-state index in [4.69, 9.17) is 0 Å². The van der Waals surface area contributed by atoms with E-state index in [1.54, 1.807) is 6.20 Å². The molecule has 1 aromatic heterocycles. The minimum Gasteiger partial charge on any atom is -0.305 e. The molecule has 164 valence electrons. The maximum Gasteiger partial charge on any atom is 0.328 e. The van der Waals surface area contributed by atoms with Crippen LogP contribution in [0.5, 0.6) is 0 Å². The van der Waals surface area contributed by atoms with E-state index in [0.29, 0.717) is 25.4 Å². The molecule has 1 atom stereocenters. The highest BCUT2D eigenvalue weighted by atomic mass is 32.2. The van der Waals surface area contributed by atoms with Crippen LogP contribution in [0.3, 0.4) is 0 Å². The van der Waals surface area contributed by atoms with Crippen LogP contribution in [0.1, 0.15) is 31.0 Å². The number of urea groups is 1. The maximum absolute atomic E-state index is 13.7. The number of carbonyl (C=O) groups excluding carboxylic acids is 2. The molecular formula is C24H30N4O2S. The predicted octanol–water partition coefficient (Wildman–Crippen LogP) is 3.63. The molecule has 0 radical (unpaired) electrons. The normalized spacial score (nSPS) is 19.9. The number of thioether (sulfide) groups is 1. The molecule has 4 rings (SSSR count). The van der Waals surface area contributed by atoms with E-state index < -0.39 is 5.54 Å². The zero-order chi connectivity index (χ0) is 21.8. The Morgan fingerprint density at radius 3 is 2.39 bits per heavy atom. The number of hydrogen-bond acceptors (Lipinski definition) is 5. The van der Waals surface area contributed by atoms with Crippen molar-refractivity contribution in [2.45, 2.75) is 44.4 Å². The summed E-state index contributed by atoms with van der Waals surface area (Å²) < 4.78 is 0. The van der Waals surface area contributed by atoms with Gasteiger partial charge in [-0.3, -0.25) is 19.6 Å². The molecule has 3 heterocycles. The van der Waals surface area contributed by atoms with E-state index in [1.165, 1.54) is 4.90 Å². The predicted molar refractivity (Wildman–Crippen MR) is 124 cm³/mol. The fourth-order valence-electron chi connectivity index (χ4n) is 4.73. The lowest BCUT2D eigenvalue weighted by Crippen LogP contribution is -2.57. The molecule has 6 nitrogen and oxygen atoms in total. The summed E-state index contributed by atoms with van der Waals surface area (Å²) >= 11 is 1.84. The van der Waals surface area contributed by atoms with Gasteiger partial charge < -0.3 is 4.90 Å². The molecule has 3 amide bonds. The molecule has 7 heteroatoms. The SMILES string of the molecule is CSC[C@@H](C)N1CCC2(CC1)C(=O)N(Cc1ccccn1)C(=O)N2Cc1ccccc1. The van der Waals surface area contributed by atoms with Crippen LogP contribution in [-0.4, -0.2) is 68.3 Å². The van der Waals surface area contributed by atoms with Crippen molar-refractivity contribution in [3.8, 4) is 0 Å². The number of imide groups is 1. The van der Waals surface area contributed by atoms with Crippen molar-refractivity contribution in [3.05, 3.63) is 66.0 Å². The number of carbonyl (C=O) groups is 2. The molecule has 0 aliphatic carbocycles. The highest BCUT2D eigenvalue weighted by Gasteiger charge is 2.58. The highest BCUT2D eigenvalue weighted by molar-refractivity contribution is 7.98. The van der Waals surface area contributed by atoms with E-state index in [9.17, 15) is 9.59 Å². The Labute approximate surface area is 188 Å². The molecule has 0 N–H and O–H groups in total. The smallest absolute Gasteiger partial charge is 0.305 e. The summed E-state index contributed by atoms with van der Waals surface area (Å²) in [4.78, 5) is 37.2. The molecule has 31 heavy (non-hydrogen) atoms. The zero-order valence-electron chi connectivity index (χ0n) is 18.2. The number of piperidine rings is 1. The molecule has 1 spiro atoms. The standard InChI is InChI=1S/C24H30N4O2S/c1-19(18-31-2)26-14-11-24(12-15-26)22(29)27(17-21-10-6-7-13-25-21)23(30)28(24)16-20-8-4-3-5-9-20/h3-10,13,19H,11-12,14-18H2,1-2H3/t19-/m1/s1. The molecular weight excluding hydrogens is 408 g/mol. The average Bonchev–Trinajstić information content (AvgIpc) is 2.98. The number of nitrogens with zero attached hydrogens (tertiary/aromatic N) is 4. The van der Waals surface area contributed by atoms with Gasteiger partial charge in [-0.2, -0.15) is 11.8 Å². The summed E-state index contributed by atoms with van der Waals surface area (Å²) in [6.07, 6.45) is 5.16. The Bertz CT molecular complexity index is 900. The van der Waals surface area contributed by atoms with Crippen molar-refractivity contribution in [1.82, 2.24) is 19.7 Å². The van der Waals surface area contributed by atoms with Gasteiger partial charge in [0.05, 0.1) is 12.2 Å². The minimum absolute atomic E-state index is 0.0729. The molecule has 2 fully saturated rings. The summed E-state index contributed by atoms with van der Waals surface area (Å²) in [5.41, 5.74) is 1.00. The highest BCUT2D eigenvalue weighted by Crippen LogP contribution is 2.39. The number of rotatable bonds is 7. The molecule has 2 aromatic rings. The molecule has 2 aliphatic rings. The van der Waals surface area contributed by atoms with E-state index in [2.05, 4.69) is 23.1 Å². The minimum atomic E-state index is -0.767. The second kappa shape index (κ2) is 9.40. The average molecular weight is 439 g/mol. The first-order valence-electron chi connectivity index (χ1n) is 10.9. The number of benzene rings is 1. The fourth-order valence-corrected chi connectivity index (χ4v) is 5.42. The van der Waals surface area contributed by atoms with E-state index >= 15 is 0 Å². The van der Waals surface area contributed by atoms with Gasteiger partial charge in [0.25, 0.3) is 5.91 Å². The zero-order valence-corrected chi connectivity index (χ0v) is 19.1. The van der Waals surface area contributed by atoms with Crippen molar-refractivity contribution in [1.29, 1.82) is 0 Å². The largest absolute Gasteiger partial charge is 0.328 e. The van der Waals surface area contributed by atoms with Crippen LogP contribution in [0.2, 0.25) is 0 Å². The lowest BCUT2D eigenvalue weighted by Gasteiger charge is -2.44. The molecule has 2 aliphatic heterocycles. The van der Waals surface area contributed by atoms with Gasteiger partial charge in [-0.25, -0.2) is 4.79 Å².